The maximum absolute atomic E-state index is 12.0. The number of methoxy groups -OCH3 is 2. The summed E-state index contributed by atoms with van der Waals surface area (Å²) in [5.74, 6) is 0.000457. The van der Waals surface area contributed by atoms with Gasteiger partial charge in [-0.25, -0.2) is 0 Å². The van der Waals surface area contributed by atoms with Crippen LogP contribution in [0.2, 0.25) is 0 Å². The number of benzene rings is 1. The standard InChI is InChI=1S/C15H23N3O6/c1-15(9-19,10-23-2)16-7-6-14(20)17-12-8-11(18(21)22)4-5-13(12)24-3/h4-5,8,16,19H,6-7,9-10H2,1-3H3,(H,17,20). The molecule has 3 N–H and O–H groups in total. The third-order valence-electron chi connectivity index (χ3n) is 3.38. The molecule has 0 aliphatic heterocycles. The second kappa shape index (κ2) is 9.16. The van der Waals surface area contributed by atoms with Gasteiger partial charge in [0.1, 0.15) is 5.75 Å². The maximum atomic E-state index is 12.0. The second-order valence-electron chi connectivity index (χ2n) is 5.52. The van der Waals surface area contributed by atoms with Crippen LogP contribution in [-0.4, -0.2) is 55.5 Å². The van der Waals surface area contributed by atoms with Crippen molar-refractivity contribution in [3.63, 3.8) is 0 Å². The third-order valence-corrected chi connectivity index (χ3v) is 3.38. The summed E-state index contributed by atoms with van der Waals surface area (Å²) in [5.41, 5.74) is -0.547. The number of nitro groups is 1. The number of amides is 1. The first-order valence-corrected chi connectivity index (χ1v) is 7.32. The molecule has 0 bridgehead atoms. The lowest BCUT2D eigenvalue weighted by Crippen LogP contribution is -2.50. The van der Waals surface area contributed by atoms with E-state index in [9.17, 15) is 20.0 Å². The molecule has 0 radical (unpaired) electrons. The minimum absolute atomic E-state index is 0.116. The molecule has 24 heavy (non-hydrogen) atoms. The average molecular weight is 341 g/mol. The van der Waals surface area contributed by atoms with Crippen LogP contribution in [0.1, 0.15) is 13.3 Å². The minimum Gasteiger partial charge on any atom is -0.495 e. The van der Waals surface area contributed by atoms with E-state index in [1.807, 2.05) is 0 Å². The van der Waals surface area contributed by atoms with Crippen molar-refractivity contribution in [3.8, 4) is 5.75 Å². The SMILES string of the molecule is COCC(C)(CO)NCCC(=O)Nc1cc([N+](=O)[O-])ccc1OC. The van der Waals surface area contributed by atoms with Crippen molar-refractivity contribution in [2.24, 2.45) is 0 Å². The number of nitrogens with one attached hydrogen (secondary N) is 2. The van der Waals surface area contributed by atoms with Crippen molar-refractivity contribution in [1.29, 1.82) is 0 Å². The molecule has 0 saturated carbocycles. The number of hydrogen-bond donors (Lipinski definition) is 3. The largest absolute Gasteiger partial charge is 0.495 e. The van der Waals surface area contributed by atoms with Crippen molar-refractivity contribution in [2.75, 3.05) is 39.3 Å². The summed E-state index contributed by atoms with van der Waals surface area (Å²) in [6, 6.07) is 3.97. The van der Waals surface area contributed by atoms with Crippen LogP contribution in [0.25, 0.3) is 0 Å². The number of non-ortho nitro benzene ring substituents is 1. The van der Waals surface area contributed by atoms with E-state index in [0.29, 0.717) is 18.9 Å². The van der Waals surface area contributed by atoms with E-state index in [-0.39, 0.29) is 30.3 Å². The first-order valence-electron chi connectivity index (χ1n) is 7.32. The highest BCUT2D eigenvalue weighted by Crippen LogP contribution is 2.28. The van der Waals surface area contributed by atoms with Crippen LogP contribution in [0.15, 0.2) is 18.2 Å². The number of aliphatic hydroxyl groups excluding tert-OH is 1. The molecule has 1 unspecified atom stereocenters. The molecule has 1 atom stereocenters. The van der Waals surface area contributed by atoms with Gasteiger partial charge in [-0.15, -0.1) is 0 Å². The Labute approximate surface area is 140 Å². The van der Waals surface area contributed by atoms with Gasteiger partial charge in [0, 0.05) is 32.2 Å². The zero-order valence-electron chi connectivity index (χ0n) is 14.0. The first kappa shape index (κ1) is 19.8. The van der Waals surface area contributed by atoms with Crippen molar-refractivity contribution < 1.29 is 24.3 Å². The molecular weight excluding hydrogens is 318 g/mol. The van der Waals surface area contributed by atoms with Gasteiger partial charge in [0.2, 0.25) is 5.91 Å². The molecule has 1 amide bonds. The van der Waals surface area contributed by atoms with Crippen molar-refractivity contribution in [1.82, 2.24) is 5.32 Å². The van der Waals surface area contributed by atoms with Crippen LogP contribution in [0.4, 0.5) is 11.4 Å². The van der Waals surface area contributed by atoms with Crippen molar-refractivity contribution in [2.45, 2.75) is 18.9 Å². The van der Waals surface area contributed by atoms with E-state index in [1.165, 1.54) is 32.4 Å². The number of nitrogens with zero attached hydrogens (tertiary/aromatic N) is 1. The van der Waals surface area contributed by atoms with Crippen molar-refractivity contribution in [3.05, 3.63) is 28.3 Å². The van der Waals surface area contributed by atoms with Gasteiger partial charge in [-0.1, -0.05) is 0 Å². The summed E-state index contributed by atoms with van der Waals surface area (Å²) in [6.07, 6.45) is 0.116. The number of carbonyl (C=O) groups excluding carboxylic acids is 1. The molecule has 0 aliphatic carbocycles. The molecule has 9 nitrogen and oxygen atoms in total. The van der Waals surface area contributed by atoms with Gasteiger partial charge in [0.15, 0.2) is 0 Å². The van der Waals surface area contributed by atoms with E-state index in [0.717, 1.165) is 0 Å². The van der Waals surface area contributed by atoms with Crippen LogP contribution < -0.4 is 15.4 Å². The van der Waals surface area contributed by atoms with Gasteiger partial charge in [0.05, 0.1) is 36.5 Å². The van der Waals surface area contributed by atoms with Gasteiger partial charge in [-0.2, -0.15) is 0 Å². The Balaban J connectivity index is 2.65. The molecule has 0 heterocycles. The van der Waals surface area contributed by atoms with Gasteiger partial charge < -0.3 is 25.2 Å². The third kappa shape index (κ3) is 5.76. The lowest BCUT2D eigenvalue weighted by Gasteiger charge is -2.27. The zero-order chi connectivity index (χ0) is 18.2. The summed E-state index contributed by atoms with van der Waals surface area (Å²) < 4.78 is 10.1. The summed E-state index contributed by atoms with van der Waals surface area (Å²) in [5, 5.41) is 25.8. The zero-order valence-corrected chi connectivity index (χ0v) is 14.0. The van der Waals surface area contributed by atoms with Crippen molar-refractivity contribution >= 4 is 17.3 Å². The predicted molar refractivity (Wildman–Crippen MR) is 88.3 cm³/mol. The molecule has 1 rings (SSSR count). The molecule has 0 aromatic heterocycles. The predicted octanol–water partition coefficient (Wildman–Crippen LogP) is 0.919. The Kier molecular flexibility index (Phi) is 7.56. The smallest absolute Gasteiger partial charge is 0.271 e. The van der Waals surface area contributed by atoms with E-state index in [1.54, 1.807) is 6.92 Å². The molecule has 1 aromatic rings. The number of hydrogen-bond acceptors (Lipinski definition) is 7. The average Bonchev–Trinajstić information content (AvgIpc) is 2.54. The molecule has 0 spiro atoms. The maximum Gasteiger partial charge on any atom is 0.271 e. The molecule has 9 heteroatoms. The summed E-state index contributed by atoms with van der Waals surface area (Å²) in [4.78, 5) is 22.3. The fourth-order valence-electron chi connectivity index (χ4n) is 2.07. The van der Waals surface area contributed by atoms with Crippen LogP contribution >= 0.6 is 0 Å². The highest BCUT2D eigenvalue weighted by molar-refractivity contribution is 5.92. The van der Waals surface area contributed by atoms with E-state index in [2.05, 4.69) is 10.6 Å². The molecule has 134 valence electrons. The number of ether oxygens (including phenoxy) is 2. The van der Waals surface area contributed by atoms with Gasteiger partial charge in [-0.3, -0.25) is 14.9 Å². The molecule has 0 saturated heterocycles. The highest BCUT2D eigenvalue weighted by Gasteiger charge is 2.22. The normalized spacial score (nSPS) is 13.2. The number of aliphatic hydroxyl groups is 1. The quantitative estimate of drug-likeness (QED) is 0.427. The van der Waals surface area contributed by atoms with Crippen LogP contribution in [0, 0.1) is 10.1 Å². The number of carbonyl (C=O) groups is 1. The van der Waals surface area contributed by atoms with Crippen LogP contribution in [0.5, 0.6) is 5.75 Å². The number of rotatable bonds is 10. The van der Waals surface area contributed by atoms with Gasteiger partial charge in [0.25, 0.3) is 5.69 Å². The Morgan fingerprint density at radius 3 is 2.67 bits per heavy atom. The Hall–Kier alpha value is -2.23. The molecule has 1 aromatic carbocycles. The number of anilines is 1. The lowest BCUT2D eigenvalue weighted by atomic mass is 10.1. The Bertz CT molecular complexity index is 580. The van der Waals surface area contributed by atoms with E-state index in [4.69, 9.17) is 9.47 Å². The fraction of sp³-hybridized carbons (Fsp3) is 0.533. The Morgan fingerprint density at radius 2 is 2.12 bits per heavy atom. The van der Waals surface area contributed by atoms with E-state index >= 15 is 0 Å². The number of nitro benzene ring substituents is 1. The lowest BCUT2D eigenvalue weighted by molar-refractivity contribution is -0.384. The topological polar surface area (TPSA) is 123 Å². The summed E-state index contributed by atoms with van der Waals surface area (Å²) in [7, 11) is 2.94. The Morgan fingerprint density at radius 1 is 1.42 bits per heavy atom. The van der Waals surface area contributed by atoms with Gasteiger partial charge in [-0.05, 0) is 13.0 Å². The first-order chi connectivity index (χ1) is 11.3. The second-order valence-corrected chi connectivity index (χ2v) is 5.52. The summed E-state index contributed by atoms with van der Waals surface area (Å²) in [6.45, 7) is 2.24. The molecule has 0 fully saturated rings. The minimum atomic E-state index is -0.641. The van der Waals surface area contributed by atoms with Crippen LogP contribution in [-0.2, 0) is 9.53 Å². The molecule has 0 aliphatic rings. The molecular formula is C15H23N3O6. The van der Waals surface area contributed by atoms with Crippen LogP contribution in [0.3, 0.4) is 0 Å². The van der Waals surface area contributed by atoms with E-state index < -0.39 is 10.5 Å². The summed E-state index contributed by atoms with van der Waals surface area (Å²) >= 11 is 0. The fourth-order valence-corrected chi connectivity index (χ4v) is 2.07. The van der Waals surface area contributed by atoms with Gasteiger partial charge >= 0.3 is 0 Å². The highest BCUT2D eigenvalue weighted by atomic mass is 16.6. The monoisotopic (exact) mass is 341 g/mol.